The molecule has 0 aliphatic carbocycles. The molecule has 1 aliphatic heterocycles. The smallest absolute Gasteiger partial charge is 0.323 e. The second kappa shape index (κ2) is 6.58. The highest BCUT2D eigenvalue weighted by molar-refractivity contribution is 8.07. The zero-order valence-corrected chi connectivity index (χ0v) is 12.7. The normalized spacial score (nSPS) is 25.4. The molecule has 3 atom stereocenters. The molecule has 1 saturated heterocycles. The minimum atomic E-state index is -4.38. The van der Waals surface area contributed by atoms with Crippen LogP contribution in [0.2, 0.25) is 0 Å². The van der Waals surface area contributed by atoms with Gasteiger partial charge in [-0.2, -0.15) is 36.7 Å². The van der Waals surface area contributed by atoms with Crippen LogP contribution in [0.15, 0.2) is 18.5 Å². The van der Waals surface area contributed by atoms with Crippen molar-refractivity contribution in [3.8, 4) is 0 Å². The van der Waals surface area contributed by atoms with Crippen LogP contribution in [0, 0.1) is 0 Å². The minimum Gasteiger partial charge on any atom is -0.323 e. The fourth-order valence-corrected chi connectivity index (χ4v) is 5.55. The number of nitrogens with zero attached hydrogens (tertiary/aromatic N) is 1. The van der Waals surface area contributed by atoms with Crippen LogP contribution in [-0.4, -0.2) is 27.0 Å². The molecule has 0 radical (unpaired) electrons. The SMILES string of the molecule is CCC1SCCSC1C(N)c1cnccc1C(F)(F)F. The second-order valence-electron chi connectivity index (χ2n) is 4.64. The minimum absolute atomic E-state index is 0.00375. The quantitative estimate of drug-likeness (QED) is 0.920. The van der Waals surface area contributed by atoms with Gasteiger partial charge in [0.2, 0.25) is 0 Å². The van der Waals surface area contributed by atoms with E-state index in [0.717, 1.165) is 24.0 Å². The number of halogens is 3. The van der Waals surface area contributed by atoms with Crippen molar-refractivity contribution in [3.05, 3.63) is 29.6 Å². The first-order chi connectivity index (χ1) is 9.45. The maximum Gasteiger partial charge on any atom is 0.416 e. The summed E-state index contributed by atoms with van der Waals surface area (Å²) >= 11 is 3.48. The summed E-state index contributed by atoms with van der Waals surface area (Å²) in [6, 6.07) is 0.375. The van der Waals surface area contributed by atoms with E-state index in [1.807, 2.05) is 0 Å². The van der Waals surface area contributed by atoms with Gasteiger partial charge in [0.25, 0.3) is 0 Å². The third-order valence-corrected chi connectivity index (χ3v) is 6.74. The van der Waals surface area contributed by atoms with Crippen molar-refractivity contribution in [1.82, 2.24) is 4.98 Å². The highest BCUT2D eigenvalue weighted by atomic mass is 32.2. The van der Waals surface area contributed by atoms with Crippen LogP contribution in [0.25, 0.3) is 0 Å². The van der Waals surface area contributed by atoms with E-state index in [-0.39, 0.29) is 10.8 Å². The number of hydrogen-bond donors (Lipinski definition) is 1. The lowest BCUT2D eigenvalue weighted by Crippen LogP contribution is -2.36. The van der Waals surface area contributed by atoms with Crippen LogP contribution >= 0.6 is 23.5 Å². The standard InChI is InChI=1S/C13H17F3N2S2/c1-2-10-12(20-6-5-19-10)11(17)8-7-18-4-3-9(8)13(14,15)16/h3-4,7,10-12H,2,5-6,17H2,1H3. The Kier molecular flexibility index (Phi) is 5.25. The van der Waals surface area contributed by atoms with Gasteiger partial charge in [0.15, 0.2) is 0 Å². The number of thioether (sulfide) groups is 2. The molecule has 1 aromatic heterocycles. The van der Waals surface area contributed by atoms with Crippen molar-refractivity contribution in [3.63, 3.8) is 0 Å². The third-order valence-electron chi connectivity index (χ3n) is 3.36. The van der Waals surface area contributed by atoms with Gasteiger partial charge in [-0.05, 0) is 12.5 Å². The first-order valence-corrected chi connectivity index (χ1v) is 8.54. The molecule has 7 heteroatoms. The van der Waals surface area contributed by atoms with Crippen LogP contribution < -0.4 is 5.73 Å². The molecule has 0 spiro atoms. The summed E-state index contributed by atoms with van der Waals surface area (Å²) in [7, 11) is 0. The topological polar surface area (TPSA) is 38.9 Å². The molecule has 1 aromatic rings. The van der Waals surface area contributed by atoms with Crippen molar-refractivity contribution in [2.45, 2.75) is 36.1 Å². The zero-order chi connectivity index (χ0) is 14.8. The summed E-state index contributed by atoms with van der Waals surface area (Å²) in [6.45, 7) is 2.05. The lowest BCUT2D eigenvalue weighted by molar-refractivity contribution is -0.138. The van der Waals surface area contributed by atoms with Crippen molar-refractivity contribution in [1.29, 1.82) is 0 Å². The molecule has 20 heavy (non-hydrogen) atoms. The Hall–Kier alpha value is -0.400. The van der Waals surface area contributed by atoms with Gasteiger partial charge in [-0.1, -0.05) is 6.92 Å². The van der Waals surface area contributed by atoms with Crippen molar-refractivity contribution in [2.75, 3.05) is 11.5 Å². The molecule has 2 rings (SSSR count). The van der Waals surface area contributed by atoms with Gasteiger partial charge in [-0.25, -0.2) is 0 Å². The Morgan fingerprint density at radius 1 is 1.40 bits per heavy atom. The van der Waals surface area contributed by atoms with E-state index in [4.69, 9.17) is 5.73 Å². The Labute approximate surface area is 125 Å². The Morgan fingerprint density at radius 2 is 2.10 bits per heavy atom. The van der Waals surface area contributed by atoms with E-state index in [9.17, 15) is 13.2 Å². The Morgan fingerprint density at radius 3 is 2.75 bits per heavy atom. The maximum absolute atomic E-state index is 13.1. The molecule has 0 saturated carbocycles. The molecule has 112 valence electrons. The molecule has 1 aliphatic rings. The second-order valence-corrected chi connectivity index (χ2v) is 7.27. The Balaban J connectivity index is 2.31. The molecule has 2 heterocycles. The average molecular weight is 322 g/mol. The number of alkyl halides is 3. The Bertz CT molecular complexity index is 453. The number of rotatable bonds is 3. The van der Waals surface area contributed by atoms with Gasteiger partial charge in [0.05, 0.1) is 5.56 Å². The summed E-state index contributed by atoms with van der Waals surface area (Å²) in [5.41, 5.74) is 5.61. The van der Waals surface area contributed by atoms with Gasteiger partial charge in [0, 0.05) is 46.0 Å². The first kappa shape index (κ1) is 16.0. The summed E-state index contributed by atoms with van der Waals surface area (Å²) < 4.78 is 39.2. The number of nitrogens with two attached hydrogens (primary N) is 1. The lowest BCUT2D eigenvalue weighted by atomic mass is 9.98. The molecule has 1 fully saturated rings. The first-order valence-electron chi connectivity index (χ1n) is 6.45. The number of pyridine rings is 1. The van der Waals surface area contributed by atoms with Gasteiger partial charge in [-0.3, -0.25) is 4.98 Å². The summed E-state index contributed by atoms with van der Waals surface area (Å²) in [6.07, 6.45) is -1.04. The van der Waals surface area contributed by atoms with E-state index in [0.29, 0.717) is 5.25 Å². The fraction of sp³-hybridized carbons (Fsp3) is 0.615. The van der Waals surface area contributed by atoms with Crippen molar-refractivity contribution in [2.24, 2.45) is 5.73 Å². The van der Waals surface area contributed by atoms with Crippen LogP contribution in [-0.2, 0) is 6.18 Å². The predicted octanol–water partition coefficient (Wildman–Crippen LogP) is 3.73. The third kappa shape index (κ3) is 3.43. The highest BCUT2D eigenvalue weighted by Crippen LogP contribution is 2.42. The van der Waals surface area contributed by atoms with E-state index < -0.39 is 17.8 Å². The fourth-order valence-electron chi connectivity index (χ4n) is 2.38. The largest absolute Gasteiger partial charge is 0.416 e. The summed E-state index contributed by atoms with van der Waals surface area (Å²) in [5, 5.41) is 0.300. The maximum atomic E-state index is 13.1. The van der Waals surface area contributed by atoms with Gasteiger partial charge < -0.3 is 5.73 Å². The highest BCUT2D eigenvalue weighted by Gasteiger charge is 2.38. The van der Waals surface area contributed by atoms with Gasteiger partial charge in [-0.15, -0.1) is 0 Å². The van der Waals surface area contributed by atoms with Crippen LogP contribution in [0.5, 0.6) is 0 Å². The lowest BCUT2D eigenvalue weighted by Gasteiger charge is -2.34. The number of aromatic nitrogens is 1. The summed E-state index contributed by atoms with van der Waals surface area (Å²) in [4.78, 5) is 3.83. The summed E-state index contributed by atoms with van der Waals surface area (Å²) in [5.74, 6) is 1.96. The van der Waals surface area contributed by atoms with Gasteiger partial charge in [0.1, 0.15) is 0 Å². The molecular formula is C13H17F3N2S2. The van der Waals surface area contributed by atoms with Crippen LogP contribution in [0.1, 0.15) is 30.5 Å². The van der Waals surface area contributed by atoms with Crippen LogP contribution in [0.3, 0.4) is 0 Å². The van der Waals surface area contributed by atoms with Crippen molar-refractivity contribution >= 4 is 23.5 Å². The van der Waals surface area contributed by atoms with E-state index in [1.165, 1.54) is 12.4 Å². The molecule has 0 bridgehead atoms. The van der Waals surface area contributed by atoms with Gasteiger partial charge >= 0.3 is 6.18 Å². The van der Waals surface area contributed by atoms with E-state index in [1.54, 1.807) is 23.5 Å². The predicted molar refractivity (Wildman–Crippen MR) is 79.0 cm³/mol. The van der Waals surface area contributed by atoms with Crippen LogP contribution in [0.4, 0.5) is 13.2 Å². The van der Waals surface area contributed by atoms with E-state index >= 15 is 0 Å². The van der Waals surface area contributed by atoms with E-state index in [2.05, 4.69) is 11.9 Å². The molecule has 3 unspecified atom stereocenters. The molecule has 2 N–H and O–H groups in total. The molecule has 0 amide bonds. The molecular weight excluding hydrogens is 305 g/mol. The average Bonchev–Trinajstić information content (AvgIpc) is 2.45. The van der Waals surface area contributed by atoms with Crippen molar-refractivity contribution < 1.29 is 13.2 Å². The molecule has 2 nitrogen and oxygen atoms in total. The zero-order valence-electron chi connectivity index (χ0n) is 11.1. The monoisotopic (exact) mass is 322 g/mol. The number of hydrogen-bond acceptors (Lipinski definition) is 4. The molecule has 0 aromatic carbocycles.